The molecule has 3 aromatic rings. The Labute approximate surface area is 222 Å². The molecular weight excluding hydrogens is 523 g/mol. The lowest BCUT2D eigenvalue weighted by Crippen LogP contribution is -2.27. The fourth-order valence-corrected chi connectivity index (χ4v) is 4.94. The zero-order valence-corrected chi connectivity index (χ0v) is 21.6. The van der Waals surface area contributed by atoms with Gasteiger partial charge in [-0.05, 0) is 67.1 Å². The van der Waals surface area contributed by atoms with Crippen LogP contribution in [0.2, 0.25) is 5.02 Å². The largest absolute Gasteiger partial charge is 0.493 e. The van der Waals surface area contributed by atoms with Gasteiger partial charge in [-0.1, -0.05) is 53.3 Å². The average Bonchev–Trinajstić information content (AvgIpc) is 3.12. The van der Waals surface area contributed by atoms with Gasteiger partial charge in [0.2, 0.25) is 0 Å². The topological polar surface area (TPSA) is 67.9 Å². The third kappa shape index (κ3) is 5.87. The Morgan fingerprint density at radius 2 is 1.86 bits per heavy atom. The summed E-state index contributed by atoms with van der Waals surface area (Å²) in [5.41, 5.74) is 2.79. The first kappa shape index (κ1) is 25.7. The van der Waals surface area contributed by atoms with E-state index in [0.717, 1.165) is 17.3 Å². The maximum atomic E-state index is 13.3. The van der Waals surface area contributed by atoms with Crippen LogP contribution in [0.4, 0.5) is 15.8 Å². The fourth-order valence-electron chi connectivity index (χ4n) is 3.37. The Morgan fingerprint density at radius 1 is 1.17 bits per heavy atom. The highest BCUT2D eigenvalue weighted by Crippen LogP contribution is 2.40. The number of rotatable bonds is 7. The van der Waals surface area contributed by atoms with E-state index in [0.29, 0.717) is 31.9 Å². The predicted molar refractivity (Wildman–Crippen MR) is 145 cm³/mol. The molecule has 1 fully saturated rings. The van der Waals surface area contributed by atoms with E-state index in [-0.39, 0.29) is 29.2 Å². The van der Waals surface area contributed by atoms with Gasteiger partial charge in [-0.3, -0.25) is 14.5 Å². The lowest BCUT2D eigenvalue weighted by Gasteiger charge is -2.14. The molecule has 1 heterocycles. The second kappa shape index (κ2) is 11.1. The summed E-state index contributed by atoms with van der Waals surface area (Å²) in [4.78, 5) is 27.0. The number of halogens is 2. The summed E-state index contributed by atoms with van der Waals surface area (Å²) in [6.45, 7) is 1.68. The monoisotopic (exact) mass is 542 g/mol. The molecule has 1 aliphatic heterocycles. The maximum absolute atomic E-state index is 13.3. The van der Waals surface area contributed by atoms with Gasteiger partial charge in [0.05, 0.1) is 22.7 Å². The molecule has 0 bridgehead atoms. The van der Waals surface area contributed by atoms with Crippen molar-refractivity contribution in [2.24, 2.45) is 0 Å². The number of ether oxygens (including phenoxy) is 2. The molecule has 6 nitrogen and oxygen atoms in total. The molecule has 1 aliphatic rings. The summed E-state index contributed by atoms with van der Waals surface area (Å²) in [7, 11) is 1.45. The van der Waals surface area contributed by atoms with Crippen molar-refractivity contribution in [2.75, 3.05) is 23.9 Å². The van der Waals surface area contributed by atoms with Gasteiger partial charge >= 0.3 is 0 Å². The van der Waals surface area contributed by atoms with E-state index in [4.69, 9.17) is 33.3 Å². The van der Waals surface area contributed by atoms with Gasteiger partial charge in [0.1, 0.15) is 5.82 Å². The molecule has 0 saturated carbocycles. The summed E-state index contributed by atoms with van der Waals surface area (Å²) < 4.78 is 24.7. The van der Waals surface area contributed by atoms with Gasteiger partial charge in [-0.15, -0.1) is 0 Å². The number of aryl methyl sites for hydroxylation is 1. The molecule has 184 valence electrons. The Hall–Kier alpha value is -3.40. The van der Waals surface area contributed by atoms with Crippen molar-refractivity contribution in [3.63, 3.8) is 0 Å². The van der Waals surface area contributed by atoms with E-state index >= 15 is 0 Å². The van der Waals surface area contributed by atoms with Crippen molar-refractivity contribution in [3.05, 3.63) is 87.5 Å². The van der Waals surface area contributed by atoms with Gasteiger partial charge in [0.15, 0.2) is 22.4 Å². The minimum atomic E-state index is -0.406. The van der Waals surface area contributed by atoms with Crippen LogP contribution in [0.5, 0.6) is 11.5 Å². The van der Waals surface area contributed by atoms with Gasteiger partial charge in [0.25, 0.3) is 11.8 Å². The molecule has 0 atom stereocenters. The first-order valence-corrected chi connectivity index (χ1v) is 12.3. The van der Waals surface area contributed by atoms with Gasteiger partial charge < -0.3 is 14.8 Å². The van der Waals surface area contributed by atoms with Crippen LogP contribution in [0.3, 0.4) is 0 Å². The van der Waals surface area contributed by atoms with E-state index in [2.05, 4.69) is 5.32 Å². The zero-order valence-electron chi connectivity index (χ0n) is 19.2. The molecule has 0 aliphatic carbocycles. The Balaban J connectivity index is 1.49. The molecule has 0 unspecified atom stereocenters. The van der Waals surface area contributed by atoms with Crippen molar-refractivity contribution < 1.29 is 23.5 Å². The third-order valence-electron chi connectivity index (χ3n) is 5.11. The maximum Gasteiger partial charge on any atom is 0.270 e. The van der Waals surface area contributed by atoms with Crippen molar-refractivity contribution in [1.29, 1.82) is 0 Å². The SMILES string of the molecule is COc1cc(/C=C2\SC(=S)N(c3ccc(F)cc3)C2=O)cc(Cl)c1OCC(=O)Nc1ccc(C)cc1. The number of thiocarbonyl (C=S) groups is 1. The van der Waals surface area contributed by atoms with E-state index in [1.807, 2.05) is 19.1 Å². The van der Waals surface area contributed by atoms with E-state index in [9.17, 15) is 14.0 Å². The quantitative estimate of drug-likeness (QED) is 0.282. The number of carbonyl (C=O) groups is 2. The first-order valence-electron chi connectivity index (χ1n) is 10.7. The molecule has 1 saturated heterocycles. The number of hydrogen-bond acceptors (Lipinski definition) is 6. The van der Waals surface area contributed by atoms with Crippen molar-refractivity contribution in [1.82, 2.24) is 0 Å². The first-order chi connectivity index (χ1) is 17.2. The molecule has 2 amide bonds. The normalized spacial score (nSPS) is 14.3. The van der Waals surface area contributed by atoms with Crippen LogP contribution in [0.15, 0.2) is 65.6 Å². The minimum Gasteiger partial charge on any atom is -0.493 e. The van der Waals surface area contributed by atoms with E-state index < -0.39 is 5.82 Å². The number of hydrogen-bond donors (Lipinski definition) is 1. The summed E-state index contributed by atoms with van der Waals surface area (Å²) >= 11 is 12.9. The predicted octanol–water partition coefficient (Wildman–Crippen LogP) is 6.22. The lowest BCUT2D eigenvalue weighted by atomic mass is 10.1. The van der Waals surface area contributed by atoms with Gasteiger partial charge in [-0.2, -0.15) is 0 Å². The highest BCUT2D eigenvalue weighted by Gasteiger charge is 2.33. The minimum absolute atomic E-state index is 0.203. The Morgan fingerprint density at radius 3 is 2.53 bits per heavy atom. The number of nitrogens with zero attached hydrogens (tertiary/aromatic N) is 1. The van der Waals surface area contributed by atoms with Crippen molar-refractivity contribution in [3.8, 4) is 11.5 Å². The van der Waals surface area contributed by atoms with Crippen molar-refractivity contribution in [2.45, 2.75) is 6.92 Å². The van der Waals surface area contributed by atoms with Gasteiger partial charge in [0, 0.05) is 5.69 Å². The Kier molecular flexibility index (Phi) is 7.93. The summed E-state index contributed by atoms with van der Waals surface area (Å²) in [6.07, 6.45) is 1.63. The van der Waals surface area contributed by atoms with Crippen LogP contribution >= 0.6 is 35.6 Å². The van der Waals surface area contributed by atoms with Crippen molar-refractivity contribution >= 4 is 69.2 Å². The highest BCUT2D eigenvalue weighted by molar-refractivity contribution is 8.27. The molecule has 0 aromatic heterocycles. The molecule has 1 N–H and O–H groups in total. The van der Waals surface area contributed by atoms with Crippen LogP contribution in [0.25, 0.3) is 6.08 Å². The number of nitrogens with one attached hydrogen (secondary N) is 1. The smallest absolute Gasteiger partial charge is 0.270 e. The summed E-state index contributed by atoms with van der Waals surface area (Å²) in [5, 5.41) is 2.96. The summed E-state index contributed by atoms with van der Waals surface area (Å²) in [6, 6.07) is 16.1. The lowest BCUT2D eigenvalue weighted by molar-refractivity contribution is -0.118. The highest BCUT2D eigenvalue weighted by atomic mass is 35.5. The van der Waals surface area contributed by atoms with Crippen LogP contribution in [0, 0.1) is 12.7 Å². The van der Waals surface area contributed by atoms with Crippen LogP contribution in [-0.4, -0.2) is 29.9 Å². The number of benzene rings is 3. The number of carbonyl (C=O) groups excluding carboxylic acids is 2. The second-order valence-electron chi connectivity index (χ2n) is 7.73. The van der Waals surface area contributed by atoms with E-state index in [1.54, 1.807) is 30.3 Å². The number of methoxy groups -OCH3 is 1. The zero-order chi connectivity index (χ0) is 25.8. The standard InChI is InChI=1S/C26H20ClFN2O4S2/c1-15-3-7-18(8-4-15)29-23(31)14-34-24-20(27)11-16(12-21(24)33-2)13-22-25(32)30(26(35)36-22)19-9-5-17(28)6-10-19/h3-13H,14H2,1-2H3,(H,29,31)/b22-13-. The number of amides is 2. The molecule has 0 spiro atoms. The number of thioether (sulfide) groups is 1. The van der Waals surface area contributed by atoms with Crippen LogP contribution in [-0.2, 0) is 9.59 Å². The molecular formula is C26H20ClFN2O4S2. The second-order valence-corrected chi connectivity index (χ2v) is 9.81. The summed E-state index contributed by atoms with van der Waals surface area (Å²) in [5.74, 6) is -0.596. The number of anilines is 2. The van der Waals surface area contributed by atoms with Gasteiger partial charge in [-0.25, -0.2) is 4.39 Å². The van der Waals surface area contributed by atoms with Crippen LogP contribution < -0.4 is 19.7 Å². The fraction of sp³-hybridized carbons (Fsp3) is 0.115. The molecule has 36 heavy (non-hydrogen) atoms. The Bertz CT molecular complexity index is 1360. The molecule has 10 heteroatoms. The van der Waals surface area contributed by atoms with E-state index in [1.165, 1.54) is 36.3 Å². The molecule has 0 radical (unpaired) electrons. The van der Waals surface area contributed by atoms with Crippen LogP contribution in [0.1, 0.15) is 11.1 Å². The molecule has 3 aromatic carbocycles. The molecule has 4 rings (SSSR count). The third-order valence-corrected chi connectivity index (χ3v) is 6.69. The average molecular weight is 543 g/mol.